The molecule has 0 aromatic heterocycles. The molecule has 400 valence electrons. The third kappa shape index (κ3) is 35.2. The van der Waals surface area contributed by atoms with Gasteiger partial charge in [0.15, 0.2) is 0 Å². The van der Waals surface area contributed by atoms with E-state index in [-0.39, 0.29) is 6.42 Å². The molecule has 12 nitrogen and oxygen atoms in total. The first-order valence-corrected chi connectivity index (χ1v) is 29.9. The molecule has 1 fully saturated rings. The van der Waals surface area contributed by atoms with Crippen LogP contribution in [0.25, 0.3) is 0 Å². The Bertz CT molecular complexity index is 1150. The number of hydrogen-bond acceptors (Lipinski definition) is 11. The van der Waals surface area contributed by atoms with Crippen LogP contribution in [0.3, 0.4) is 0 Å². The normalized spacial score (nSPS) is 22.0. The van der Waals surface area contributed by atoms with E-state index in [1.807, 2.05) is 0 Å². The van der Waals surface area contributed by atoms with E-state index in [0.29, 0.717) is 19.3 Å². The van der Waals surface area contributed by atoms with Gasteiger partial charge in [0.05, 0.1) is 18.8 Å². The van der Waals surface area contributed by atoms with E-state index < -0.39 is 69.1 Å². The van der Waals surface area contributed by atoms with Crippen molar-refractivity contribution < 1.29 is 54.3 Å². The third-order valence-electron chi connectivity index (χ3n) is 14.1. The zero-order valence-corrected chi connectivity index (χ0v) is 44.1. The SMILES string of the molecule is CCCCCCCCCCCCCCCCCCCCCCCCCCCCCC([O-])=N[C@@H](COP(=O)(O)OC1[C@H](O)[C@H](O)C(O)[C@H](O)[C@H]1O)[C@H](O)CCCCCCCCCCCCCCC. The minimum Gasteiger partial charge on any atom is -0.862 e. The van der Waals surface area contributed by atoms with Crippen molar-refractivity contribution in [1.82, 2.24) is 0 Å². The van der Waals surface area contributed by atoms with E-state index in [0.717, 1.165) is 38.5 Å². The summed E-state index contributed by atoms with van der Waals surface area (Å²) < 4.78 is 23.0. The van der Waals surface area contributed by atoms with Gasteiger partial charge in [-0.15, -0.1) is 0 Å². The number of nitrogens with zero attached hydrogens (tertiary/aromatic N) is 1. The van der Waals surface area contributed by atoms with Crippen LogP contribution >= 0.6 is 7.82 Å². The van der Waals surface area contributed by atoms with Crippen LogP contribution in [0.5, 0.6) is 0 Å². The summed E-state index contributed by atoms with van der Waals surface area (Å²) in [5, 5.41) is 74.5. The van der Waals surface area contributed by atoms with Gasteiger partial charge in [0.1, 0.15) is 36.6 Å². The summed E-state index contributed by atoms with van der Waals surface area (Å²) in [5.41, 5.74) is 0. The molecule has 0 spiro atoms. The monoisotopic (exact) mass is 977 g/mol. The Morgan fingerprint density at radius 3 is 1.04 bits per heavy atom. The maximum atomic E-state index is 13.0. The first kappa shape index (κ1) is 64.4. The molecule has 0 radical (unpaired) electrons. The Morgan fingerprint density at radius 1 is 0.463 bits per heavy atom. The number of aliphatic hydroxyl groups is 6. The fourth-order valence-corrected chi connectivity index (χ4v) is 10.5. The summed E-state index contributed by atoms with van der Waals surface area (Å²) >= 11 is 0. The highest BCUT2D eigenvalue weighted by molar-refractivity contribution is 7.47. The molecule has 7 N–H and O–H groups in total. The van der Waals surface area contributed by atoms with E-state index >= 15 is 0 Å². The lowest BCUT2D eigenvalue weighted by atomic mass is 9.85. The number of rotatable bonds is 49. The smallest absolute Gasteiger partial charge is 0.472 e. The summed E-state index contributed by atoms with van der Waals surface area (Å²) in [6.07, 6.45) is 38.3. The first-order chi connectivity index (χ1) is 32.4. The molecule has 0 bridgehead atoms. The molecule has 0 aromatic carbocycles. The predicted molar refractivity (Wildman–Crippen MR) is 273 cm³/mol. The largest absolute Gasteiger partial charge is 0.862 e. The quantitative estimate of drug-likeness (QED) is 0.0132. The Morgan fingerprint density at radius 2 is 0.731 bits per heavy atom. The highest BCUT2D eigenvalue weighted by atomic mass is 31.2. The standard InChI is InChI=1S/C54H108NO11P/c1-3-5-7-9-11-13-15-17-18-19-20-21-22-23-24-25-26-27-28-29-30-32-34-36-38-40-42-44-48(57)55-46(47(56)43-41-39-37-35-33-31-16-14-12-10-8-6-4-2)45-65-67(63,64)66-54-52(61)50(59)49(58)51(60)53(54)62/h46-47,49-54,56,58-62H,3-45H2,1-2H3,(H,55,57)(H,63,64)/p-1/t46-,47+,49?,50-,51+,52+,53+,54?/m0/s1. The van der Waals surface area contributed by atoms with Crippen molar-refractivity contribution in [1.29, 1.82) is 0 Å². The Labute approximate surface area is 410 Å². The van der Waals surface area contributed by atoms with Gasteiger partial charge in [-0.3, -0.25) is 14.0 Å². The van der Waals surface area contributed by atoms with Crippen LogP contribution in [0.1, 0.15) is 284 Å². The van der Waals surface area contributed by atoms with Crippen molar-refractivity contribution >= 4 is 13.7 Å². The molecule has 0 amide bonds. The third-order valence-corrected chi connectivity index (χ3v) is 15.1. The molecule has 1 saturated carbocycles. The molecular formula is C54H107NO11P-. The summed E-state index contributed by atoms with van der Waals surface area (Å²) in [6, 6.07) is -1.15. The minimum atomic E-state index is -5.07. The van der Waals surface area contributed by atoms with E-state index in [2.05, 4.69) is 18.8 Å². The van der Waals surface area contributed by atoms with Crippen molar-refractivity contribution in [2.45, 2.75) is 332 Å². The number of phosphoric ester groups is 1. The Kier molecular flexibility index (Phi) is 42.3. The van der Waals surface area contributed by atoms with Gasteiger partial charge in [0.25, 0.3) is 0 Å². The number of phosphoric acid groups is 1. The van der Waals surface area contributed by atoms with E-state index in [1.54, 1.807) is 0 Å². The van der Waals surface area contributed by atoms with Crippen molar-refractivity contribution in [3.05, 3.63) is 0 Å². The van der Waals surface area contributed by atoms with E-state index in [4.69, 9.17) is 9.05 Å². The lowest BCUT2D eigenvalue weighted by molar-refractivity contribution is -0.220. The van der Waals surface area contributed by atoms with Crippen LogP contribution in [-0.4, -0.2) is 96.8 Å². The molecule has 1 aliphatic rings. The molecule has 1 aliphatic carbocycles. The van der Waals surface area contributed by atoms with Gasteiger partial charge in [-0.1, -0.05) is 264 Å². The lowest BCUT2D eigenvalue weighted by Gasteiger charge is -2.41. The highest BCUT2D eigenvalue weighted by Crippen LogP contribution is 2.47. The van der Waals surface area contributed by atoms with Gasteiger partial charge < -0.3 is 40.6 Å². The van der Waals surface area contributed by atoms with Crippen molar-refractivity contribution in [3.8, 4) is 0 Å². The molecule has 3 unspecified atom stereocenters. The lowest BCUT2D eigenvalue weighted by Crippen LogP contribution is -2.64. The maximum absolute atomic E-state index is 13.0. The molecule has 0 aliphatic heterocycles. The summed E-state index contributed by atoms with van der Waals surface area (Å²) in [7, 11) is -5.07. The summed E-state index contributed by atoms with van der Waals surface area (Å²) in [5.74, 6) is -0.426. The molecule has 9 atom stereocenters. The van der Waals surface area contributed by atoms with Gasteiger partial charge in [-0.2, -0.15) is 0 Å². The molecule has 13 heteroatoms. The average Bonchev–Trinajstić information content (AvgIpc) is 3.31. The number of aliphatic imine (C=N–C) groups is 1. The fraction of sp³-hybridized carbons (Fsp3) is 0.981. The second-order valence-corrected chi connectivity index (χ2v) is 21.8. The van der Waals surface area contributed by atoms with Gasteiger partial charge in [0, 0.05) is 0 Å². The van der Waals surface area contributed by atoms with E-state index in [1.165, 1.54) is 205 Å². The van der Waals surface area contributed by atoms with Crippen LogP contribution in [0, 0.1) is 0 Å². The van der Waals surface area contributed by atoms with Crippen LogP contribution < -0.4 is 5.11 Å². The second-order valence-electron chi connectivity index (χ2n) is 20.4. The zero-order valence-electron chi connectivity index (χ0n) is 43.2. The average molecular weight is 977 g/mol. The second kappa shape index (κ2) is 44.1. The Balaban J connectivity index is 2.29. The molecule has 67 heavy (non-hydrogen) atoms. The fourth-order valence-electron chi connectivity index (χ4n) is 9.49. The van der Waals surface area contributed by atoms with E-state index in [9.17, 15) is 45.2 Å². The van der Waals surface area contributed by atoms with Gasteiger partial charge in [-0.05, 0) is 25.2 Å². The molecule has 0 heterocycles. The van der Waals surface area contributed by atoms with Crippen LogP contribution in [0.4, 0.5) is 0 Å². The predicted octanol–water partition coefficient (Wildman–Crippen LogP) is 12.2. The zero-order chi connectivity index (χ0) is 49.2. The van der Waals surface area contributed by atoms with Crippen LogP contribution in [0.15, 0.2) is 4.99 Å². The van der Waals surface area contributed by atoms with Crippen molar-refractivity contribution in [2.75, 3.05) is 6.61 Å². The molecule has 0 saturated heterocycles. The van der Waals surface area contributed by atoms with Crippen molar-refractivity contribution in [3.63, 3.8) is 0 Å². The van der Waals surface area contributed by atoms with Crippen molar-refractivity contribution in [2.24, 2.45) is 4.99 Å². The number of aliphatic hydroxyl groups excluding tert-OH is 6. The minimum absolute atomic E-state index is 0.188. The van der Waals surface area contributed by atoms with Gasteiger partial charge in [-0.25, -0.2) is 4.57 Å². The van der Waals surface area contributed by atoms with Gasteiger partial charge in [0.2, 0.25) is 0 Å². The molecular weight excluding hydrogens is 870 g/mol. The number of unbranched alkanes of at least 4 members (excludes halogenated alkanes) is 38. The van der Waals surface area contributed by atoms with Crippen LogP contribution in [-0.2, 0) is 13.6 Å². The molecule has 0 aromatic rings. The summed E-state index contributed by atoms with van der Waals surface area (Å²) in [4.78, 5) is 14.7. The highest BCUT2D eigenvalue weighted by Gasteiger charge is 2.51. The summed E-state index contributed by atoms with van der Waals surface area (Å²) in [6.45, 7) is 3.87. The van der Waals surface area contributed by atoms with Crippen LogP contribution in [0.2, 0.25) is 0 Å². The number of hydrogen-bond donors (Lipinski definition) is 7. The van der Waals surface area contributed by atoms with Gasteiger partial charge >= 0.3 is 7.82 Å². The first-order valence-electron chi connectivity index (χ1n) is 28.4. The topological polar surface area (TPSA) is 213 Å². The Hall–Kier alpha value is -0.660. The maximum Gasteiger partial charge on any atom is 0.472 e. The molecule has 1 rings (SSSR count).